The summed E-state index contributed by atoms with van der Waals surface area (Å²) >= 11 is 0. The molecule has 7 nitrogen and oxygen atoms in total. The van der Waals surface area contributed by atoms with Gasteiger partial charge in [0, 0.05) is 11.3 Å². The van der Waals surface area contributed by atoms with Crippen LogP contribution in [0.4, 0.5) is 0 Å². The van der Waals surface area contributed by atoms with Gasteiger partial charge in [-0.05, 0) is 17.7 Å². The Labute approximate surface area is 143 Å². The summed E-state index contributed by atoms with van der Waals surface area (Å²) in [5.74, 6) is -2.35. The standard InChI is InChI=1S/C18H14N2O5/c21-11-10-13(12-6-2-1-3-7-12)16(20(24)25)19-17(22)14-8-4-5-9-15(14)18(19)23/h1-9,11,13,16H,10H2/t13-,16+/m0/s1. The minimum atomic E-state index is -1.65. The average Bonchev–Trinajstić information content (AvgIpc) is 2.87. The smallest absolute Gasteiger partial charge is 0.303 e. The van der Waals surface area contributed by atoms with Gasteiger partial charge in [0.1, 0.15) is 6.29 Å². The van der Waals surface area contributed by atoms with Gasteiger partial charge in [0.15, 0.2) is 0 Å². The molecule has 3 rings (SSSR count). The van der Waals surface area contributed by atoms with Gasteiger partial charge >= 0.3 is 6.17 Å². The fraction of sp³-hybridized carbons (Fsp3) is 0.167. The van der Waals surface area contributed by atoms with E-state index in [1.165, 1.54) is 12.1 Å². The van der Waals surface area contributed by atoms with E-state index < -0.39 is 28.8 Å². The summed E-state index contributed by atoms with van der Waals surface area (Å²) < 4.78 is 0. The van der Waals surface area contributed by atoms with Crippen molar-refractivity contribution in [2.75, 3.05) is 0 Å². The van der Waals surface area contributed by atoms with Gasteiger partial charge in [-0.3, -0.25) is 19.7 Å². The summed E-state index contributed by atoms with van der Waals surface area (Å²) in [7, 11) is 0. The van der Waals surface area contributed by atoms with Gasteiger partial charge in [0.2, 0.25) is 0 Å². The molecule has 7 heteroatoms. The summed E-state index contributed by atoms with van der Waals surface area (Å²) in [4.78, 5) is 48.1. The van der Waals surface area contributed by atoms with Crippen LogP contribution in [0.15, 0.2) is 54.6 Å². The lowest BCUT2D eigenvalue weighted by Crippen LogP contribution is -2.48. The Kier molecular flexibility index (Phi) is 4.38. The lowest BCUT2D eigenvalue weighted by molar-refractivity contribution is -0.545. The van der Waals surface area contributed by atoms with Crippen LogP contribution >= 0.6 is 0 Å². The van der Waals surface area contributed by atoms with Crippen LogP contribution in [0.2, 0.25) is 0 Å². The molecule has 1 heterocycles. The van der Waals surface area contributed by atoms with Crippen molar-refractivity contribution in [1.82, 2.24) is 4.90 Å². The number of rotatable bonds is 6. The Morgan fingerprint density at radius 1 is 0.960 bits per heavy atom. The number of hydrogen-bond acceptors (Lipinski definition) is 5. The van der Waals surface area contributed by atoms with Crippen LogP contribution in [0.5, 0.6) is 0 Å². The van der Waals surface area contributed by atoms with Gasteiger partial charge in [-0.15, -0.1) is 0 Å². The second-order valence-corrected chi connectivity index (χ2v) is 5.64. The monoisotopic (exact) mass is 338 g/mol. The van der Waals surface area contributed by atoms with Crippen LogP contribution in [-0.4, -0.2) is 34.1 Å². The number of aldehydes is 1. The highest BCUT2D eigenvalue weighted by atomic mass is 16.6. The zero-order valence-corrected chi connectivity index (χ0v) is 13.1. The molecule has 0 N–H and O–H groups in total. The maximum Gasteiger partial charge on any atom is 0.303 e. The molecule has 0 spiro atoms. The highest BCUT2D eigenvalue weighted by Gasteiger charge is 2.49. The first kappa shape index (κ1) is 16.5. The molecule has 2 aromatic rings. The molecule has 0 bridgehead atoms. The molecule has 0 unspecified atom stereocenters. The van der Waals surface area contributed by atoms with E-state index in [1.54, 1.807) is 42.5 Å². The van der Waals surface area contributed by atoms with Crippen LogP contribution in [0.25, 0.3) is 0 Å². The molecule has 25 heavy (non-hydrogen) atoms. The van der Waals surface area contributed by atoms with E-state index in [4.69, 9.17) is 0 Å². The Morgan fingerprint density at radius 3 is 1.96 bits per heavy atom. The summed E-state index contributed by atoms with van der Waals surface area (Å²) in [5.41, 5.74) is 0.794. The number of fused-ring (bicyclic) bond motifs is 1. The second kappa shape index (κ2) is 6.64. The van der Waals surface area contributed by atoms with Gasteiger partial charge in [0.05, 0.1) is 17.0 Å². The number of benzene rings is 2. The molecule has 0 fully saturated rings. The Morgan fingerprint density at radius 2 is 1.48 bits per heavy atom. The minimum Gasteiger partial charge on any atom is -0.303 e. The summed E-state index contributed by atoms with van der Waals surface area (Å²) in [5, 5.41) is 11.8. The van der Waals surface area contributed by atoms with E-state index in [9.17, 15) is 24.5 Å². The Balaban J connectivity index is 2.07. The van der Waals surface area contributed by atoms with Crippen molar-refractivity contribution in [2.24, 2.45) is 0 Å². The van der Waals surface area contributed by atoms with Gasteiger partial charge in [-0.2, -0.15) is 0 Å². The minimum absolute atomic E-state index is 0.136. The number of imide groups is 1. The van der Waals surface area contributed by atoms with E-state index in [1.807, 2.05) is 0 Å². The molecule has 0 aliphatic carbocycles. The fourth-order valence-corrected chi connectivity index (χ4v) is 3.10. The molecule has 1 aliphatic rings. The summed E-state index contributed by atoms with van der Waals surface area (Å²) in [6, 6.07) is 14.5. The quantitative estimate of drug-likeness (QED) is 0.348. The van der Waals surface area contributed by atoms with E-state index in [-0.39, 0.29) is 17.5 Å². The number of nitro groups is 1. The maximum absolute atomic E-state index is 12.6. The second-order valence-electron chi connectivity index (χ2n) is 5.64. The van der Waals surface area contributed by atoms with Crippen LogP contribution in [0.3, 0.4) is 0 Å². The molecule has 0 aromatic heterocycles. The van der Waals surface area contributed by atoms with Crippen molar-refractivity contribution in [2.45, 2.75) is 18.5 Å². The molecular weight excluding hydrogens is 324 g/mol. The Hall–Kier alpha value is -3.35. The van der Waals surface area contributed by atoms with Crippen LogP contribution in [0.1, 0.15) is 38.6 Å². The topological polar surface area (TPSA) is 97.6 Å². The average molecular weight is 338 g/mol. The van der Waals surface area contributed by atoms with Crippen molar-refractivity contribution in [3.63, 3.8) is 0 Å². The molecule has 2 atom stereocenters. The van der Waals surface area contributed by atoms with Gasteiger partial charge in [-0.1, -0.05) is 42.5 Å². The van der Waals surface area contributed by atoms with E-state index in [0.717, 1.165) is 0 Å². The lowest BCUT2D eigenvalue weighted by Gasteiger charge is -2.25. The third-order valence-electron chi connectivity index (χ3n) is 4.24. The molecule has 1 aliphatic heterocycles. The van der Waals surface area contributed by atoms with Crippen LogP contribution < -0.4 is 0 Å². The van der Waals surface area contributed by atoms with E-state index in [0.29, 0.717) is 16.7 Å². The highest BCUT2D eigenvalue weighted by molar-refractivity contribution is 6.21. The molecule has 2 amide bonds. The Bertz CT molecular complexity index is 815. The van der Waals surface area contributed by atoms with Crippen molar-refractivity contribution in [1.29, 1.82) is 0 Å². The SMILES string of the molecule is O=CC[C@@H](c1ccccc1)[C@H](N1C(=O)c2ccccc2C1=O)[N+](=O)[O-]. The first-order valence-corrected chi connectivity index (χ1v) is 7.65. The van der Waals surface area contributed by atoms with Crippen molar-refractivity contribution < 1.29 is 19.3 Å². The van der Waals surface area contributed by atoms with Gasteiger partial charge in [-0.25, -0.2) is 4.90 Å². The maximum atomic E-state index is 12.6. The van der Waals surface area contributed by atoms with Crippen LogP contribution in [-0.2, 0) is 4.79 Å². The number of hydrogen-bond donors (Lipinski definition) is 0. The first-order chi connectivity index (χ1) is 12.1. The molecule has 0 saturated heterocycles. The molecule has 2 aromatic carbocycles. The van der Waals surface area contributed by atoms with Gasteiger partial charge in [0.25, 0.3) is 11.8 Å². The largest absolute Gasteiger partial charge is 0.303 e. The number of carbonyl (C=O) groups is 3. The third-order valence-corrected chi connectivity index (χ3v) is 4.24. The fourth-order valence-electron chi connectivity index (χ4n) is 3.10. The summed E-state index contributed by atoms with van der Waals surface area (Å²) in [6.07, 6.45) is -1.27. The molecule has 126 valence electrons. The van der Waals surface area contributed by atoms with Gasteiger partial charge < -0.3 is 4.79 Å². The molecule has 0 radical (unpaired) electrons. The number of nitrogens with zero attached hydrogens (tertiary/aromatic N) is 2. The molecular formula is C18H14N2O5. The van der Waals surface area contributed by atoms with Crippen molar-refractivity contribution in [3.05, 3.63) is 81.4 Å². The predicted molar refractivity (Wildman–Crippen MR) is 87.6 cm³/mol. The lowest BCUT2D eigenvalue weighted by atomic mass is 9.92. The first-order valence-electron chi connectivity index (χ1n) is 7.65. The van der Waals surface area contributed by atoms with Crippen molar-refractivity contribution >= 4 is 18.1 Å². The van der Waals surface area contributed by atoms with Crippen LogP contribution in [0, 0.1) is 10.1 Å². The van der Waals surface area contributed by atoms with E-state index in [2.05, 4.69) is 0 Å². The van der Waals surface area contributed by atoms with Crippen molar-refractivity contribution in [3.8, 4) is 0 Å². The normalized spacial score (nSPS) is 15.6. The number of carbonyl (C=O) groups excluding carboxylic acids is 3. The predicted octanol–water partition coefficient (Wildman–Crippen LogP) is 2.26. The molecule has 0 saturated carbocycles. The zero-order valence-electron chi connectivity index (χ0n) is 13.1. The summed E-state index contributed by atoms with van der Waals surface area (Å²) in [6.45, 7) is 0. The highest BCUT2D eigenvalue weighted by Crippen LogP contribution is 2.32. The van der Waals surface area contributed by atoms with E-state index >= 15 is 0 Å². The zero-order chi connectivity index (χ0) is 18.0. The third kappa shape index (κ3) is 2.80. The number of amides is 2.